The molecule has 1 N–H and O–H groups in total. The van der Waals surface area contributed by atoms with Gasteiger partial charge in [-0.2, -0.15) is 5.26 Å². The van der Waals surface area contributed by atoms with Gasteiger partial charge in [-0.1, -0.05) is 57.9 Å². The van der Waals surface area contributed by atoms with E-state index in [4.69, 9.17) is 16.3 Å². The van der Waals surface area contributed by atoms with E-state index in [-0.39, 0.29) is 5.57 Å². The van der Waals surface area contributed by atoms with Crippen molar-refractivity contribution >= 4 is 45.2 Å². The number of hydrogen-bond donors (Lipinski definition) is 1. The second-order valence-corrected chi connectivity index (χ2v) is 7.44. The number of nitrogens with one attached hydrogen (secondary N) is 1. The fourth-order valence-electron chi connectivity index (χ4n) is 2.53. The molecule has 0 atom stereocenters. The van der Waals surface area contributed by atoms with E-state index < -0.39 is 5.91 Å². The molecule has 0 bridgehead atoms. The smallest absolute Gasteiger partial charge is 0.266 e. The standard InChI is InChI=1S/C23H16BrClN2O2/c24-19-6-9-21(10-7-19)27-23(28)18(14-26)12-17-13-20(25)8-11-22(17)29-15-16-4-2-1-3-5-16/h1-13H,15H2,(H,27,28)/b18-12+. The van der Waals surface area contributed by atoms with E-state index in [1.54, 1.807) is 42.5 Å². The Balaban J connectivity index is 1.82. The van der Waals surface area contributed by atoms with Crippen molar-refractivity contribution in [2.24, 2.45) is 0 Å². The lowest BCUT2D eigenvalue weighted by molar-refractivity contribution is -0.112. The quantitative estimate of drug-likeness (QED) is 0.345. The van der Waals surface area contributed by atoms with Gasteiger partial charge in [-0.3, -0.25) is 4.79 Å². The van der Waals surface area contributed by atoms with E-state index in [9.17, 15) is 10.1 Å². The van der Waals surface area contributed by atoms with Gasteiger partial charge >= 0.3 is 0 Å². The van der Waals surface area contributed by atoms with Crippen LogP contribution in [0.25, 0.3) is 6.08 Å². The number of amides is 1. The molecule has 0 saturated heterocycles. The number of rotatable bonds is 6. The minimum atomic E-state index is -0.510. The third-order valence-electron chi connectivity index (χ3n) is 3.98. The monoisotopic (exact) mass is 466 g/mol. The van der Waals surface area contributed by atoms with Gasteiger partial charge in [-0.15, -0.1) is 0 Å². The molecule has 4 nitrogen and oxygen atoms in total. The van der Waals surface area contributed by atoms with Gasteiger partial charge in [0.1, 0.15) is 24.0 Å². The molecule has 144 valence electrons. The Kier molecular flexibility index (Phi) is 7.07. The number of anilines is 1. The normalized spacial score (nSPS) is 10.9. The van der Waals surface area contributed by atoms with Crippen molar-refractivity contribution in [3.05, 3.63) is 99.0 Å². The fourth-order valence-corrected chi connectivity index (χ4v) is 2.98. The van der Waals surface area contributed by atoms with Gasteiger partial charge in [0.15, 0.2) is 0 Å². The zero-order valence-electron chi connectivity index (χ0n) is 15.2. The first-order chi connectivity index (χ1) is 14.0. The Morgan fingerprint density at radius 2 is 1.83 bits per heavy atom. The summed E-state index contributed by atoms with van der Waals surface area (Å²) in [6.45, 7) is 0.357. The first-order valence-electron chi connectivity index (χ1n) is 8.70. The molecule has 0 heterocycles. The molecule has 3 aromatic carbocycles. The molecule has 0 saturated carbocycles. The molecular formula is C23H16BrClN2O2. The highest BCUT2D eigenvalue weighted by molar-refractivity contribution is 9.10. The van der Waals surface area contributed by atoms with Crippen LogP contribution in [0.3, 0.4) is 0 Å². The summed E-state index contributed by atoms with van der Waals surface area (Å²) in [5.41, 5.74) is 2.09. The van der Waals surface area contributed by atoms with E-state index >= 15 is 0 Å². The molecular weight excluding hydrogens is 452 g/mol. The van der Waals surface area contributed by atoms with Crippen molar-refractivity contribution in [2.75, 3.05) is 5.32 Å². The van der Waals surface area contributed by atoms with Gasteiger partial charge in [0.05, 0.1) is 0 Å². The third kappa shape index (κ3) is 5.95. The molecule has 0 aliphatic heterocycles. The summed E-state index contributed by atoms with van der Waals surface area (Å²) in [6, 6.07) is 23.8. The van der Waals surface area contributed by atoms with Crippen LogP contribution < -0.4 is 10.1 Å². The number of ether oxygens (including phenoxy) is 1. The Bertz CT molecular complexity index is 1070. The van der Waals surface area contributed by atoms with Crippen LogP contribution in [0.1, 0.15) is 11.1 Å². The summed E-state index contributed by atoms with van der Waals surface area (Å²) < 4.78 is 6.78. The van der Waals surface area contributed by atoms with Gasteiger partial charge in [0.2, 0.25) is 0 Å². The van der Waals surface area contributed by atoms with Crippen molar-refractivity contribution in [1.29, 1.82) is 5.26 Å². The van der Waals surface area contributed by atoms with Gasteiger partial charge in [-0.05, 0) is 54.1 Å². The summed E-state index contributed by atoms with van der Waals surface area (Å²) in [4.78, 5) is 12.5. The minimum absolute atomic E-state index is 0.0558. The largest absolute Gasteiger partial charge is 0.488 e. The minimum Gasteiger partial charge on any atom is -0.488 e. The Hall–Kier alpha value is -3.07. The highest BCUT2D eigenvalue weighted by Crippen LogP contribution is 2.26. The predicted molar refractivity (Wildman–Crippen MR) is 119 cm³/mol. The van der Waals surface area contributed by atoms with Crippen LogP contribution in [0.2, 0.25) is 5.02 Å². The Labute approximate surface area is 182 Å². The molecule has 0 aromatic heterocycles. The first kappa shape index (κ1) is 20.7. The van der Waals surface area contributed by atoms with Crippen molar-refractivity contribution in [3.8, 4) is 11.8 Å². The van der Waals surface area contributed by atoms with Crippen molar-refractivity contribution in [3.63, 3.8) is 0 Å². The van der Waals surface area contributed by atoms with E-state index in [0.29, 0.717) is 28.6 Å². The number of benzene rings is 3. The number of carbonyl (C=O) groups is 1. The van der Waals surface area contributed by atoms with Crippen molar-refractivity contribution in [1.82, 2.24) is 0 Å². The number of halogens is 2. The van der Waals surface area contributed by atoms with E-state index in [2.05, 4.69) is 21.2 Å². The maximum atomic E-state index is 12.5. The average Bonchev–Trinajstić information content (AvgIpc) is 2.73. The summed E-state index contributed by atoms with van der Waals surface area (Å²) in [5.74, 6) is 0.0197. The van der Waals surface area contributed by atoms with Crippen LogP contribution in [0, 0.1) is 11.3 Å². The summed E-state index contributed by atoms with van der Waals surface area (Å²) in [5, 5.41) is 12.7. The van der Waals surface area contributed by atoms with E-state index in [1.807, 2.05) is 36.4 Å². The molecule has 0 aliphatic carbocycles. The Morgan fingerprint density at radius 1 is 1.10 bits per heavy atom. The fraction of sp³-hybridized carbons (Fsp3) is 0.0435. The lowest BCUT2D eigenvalue weighted by atomic mass is 10.1. The third-order valence-corrected chi connectivity index (χ3v) is 4.74. The zero-order valence-corrected chi connectivity index (χ0v) is 17.6. The number of nitriles is 1. The van der Waals surface area contributed by atoms with Crippen LogP contribution >= 0.6 is 27.5 Å². The van der Waals surface area contributed by atoms with Gasteiger partial charge < -0.3 is 10.1 Å². The number of carbonyl (C=O) groups excluding carboxylic acids is 1. The molecule has 29 heavy (non-hydrogen) atoms. The number of nitrogens with zero attached hydrogens (tertiary/aromatic N) is 1. The van der Waals surface area contributed by atoms with Crippen LogP contribution in [0.5, 0.6) is 5.75 Å². The van der Waals surface area contributed by atoms with Crippen molar-refractivity contribution in [2.45, 2.75) is 6.61 Å². The topological polar surface area (TPSA) is 62.1 Å². The molecule has 1 amide bonds. The zero-order chi connectivity index (χ0) is 20.6. The predicted octanol–water partition coefficient (Wildman–Crippen LogP) is 6.23. The summed E-state index contributed by atoms with van der Waals surface area (Å²) in [7, 11) is 0. The van der Waals surface area contributed by atoms with Crippen LogP contribution in [0.4, 0.5) is 5.69 Å². The van der Waals surface area contributed by atoms with Crippen LogP contribution in [-0.4, -0.2) is 5.91 Å². The lowest BCUT2D eigenvalue weighted by Crippen LogP contribution is -2.13. The second-order valence-electron chi connectivity index (χ2n) is 6.09. The molecule has 0 radical (unpaired) electrons. The molecule has 6 heteroatoms. The lowest BCUT2D eigenvalue weighted by Gasteiger charge is -2.11. The van der Waals surface area contributed by atoms with Crippen molar-refractivity contribution < 1.29 is 9.53 Å². The molecule has 3 aromatic rings. The van der Waals surface area contributed by atoms with E-state index in [1.165, 1.54) is 6.08 Å². The highest BCUT2D eigenvalue weighted by Gasteiger charge is 2.12. The molecule has 3 rings (SSSR count). The second kappa shape index (κ2) is 9.92. The molecule has 0 unspecified atom stereocenters. The summed E-state index contributed by atoms with van der Waals surface area (Å²) in [6.07, 6.45) is 1.47. The molecule has 0 spiro atoms. The maximum Gasteiger partial charge on any atom is 0.266 e. The van der Waals surface area contributed by atoms with Gasteiger partial charge in [-0.25, -0.2) is 0 Å². The average molecular weight is 468 g/mol. The van der Waals surface area contributed by atoms with Crippen LogP contribution in [-0.2, 0) is 11.4 Å². The molecule has 0 fully saturated rings. The summed E-state index contributed by atoms with van der Waals surface area (Å²) >= 11 is 9.45. The SMILES string of the molecule is N#C/C(=C\c1cc(Cl)ccc1OCc1ccccc1)C(=O)Nc1ccc(Br)cc1. The Morgan fingerprint density at radius 3 is 2.52 bits per heavy atom. The number of hydrogen-bond acceptors (Lipinski definition) is 3. The van der Waals surface area contributed by atoms with Gasteiger partial charge in [0, 0.05) is 20.7 Å². The van der Waals surface area contributed by atoms with Gasteiger partial charge in [0.25, 0.3) is 5.91 Å². The maximum absolute atomic E-state index is 12.5. The van der Waals surface area contributed by atoms with Crippen LogP contribution in [0.15, 0.2) is 82.8 Å². The van der Waals surface area contributed by atoms with E-state index in [0.717, 1.165) is 10.0 Å². The molecule has 0 aliphatic rings. The highest BCUT2D eigenvalue weighted by atomic mass is 79.9. The first-order valence-corrected chi connectivity index (χ1v) is 9.87.